The maximum atomic E-state index is 4.05. The predicted octanol–water partition coefficient (Wildman–Crippen LogP) is 2.38. The molecule has 1 heteroatoms. The van der Waals surface area contributed by atoms with Crippen LogP contribution in [0.3, 0.4) is 0 Å². The van der Waals surface area contributed by atoms with Gasteiger partial charge in [-0.05, 0) is 12.5 Å². The second-order valence-corrected chi connectivity index (χ2v) is 1.93. The zero-order valence-corrected chi connectivity index (χ0v) is 6.38. The van der Waals surface area contributed by atoms with E-state index in [4.69, 9.17) is 0 Å². The minimum Gasteiger partial charge on any atom is -0.289 e. The van der Waals surface area contributed by atoms with Crippen LogP contribution in [-0.4, -0.2) is 12.8 Å². The van der Waals surface area contributed by atoms with E-state index in [1.807, 2.05) is 19.2 Å². The Morgan fingerprint density at radius 3 is 2.70 bits per heavy atom. The Morgan fingerprint density at radius 2 is 2.20 bits per heavy atom. The smallest absolute Gasteiger partial charge is 0.0567 e. The Labute approximate surface area is 62.5 Å². The molecule has 54 valence electrons. The van der Waals surface area contributed by atoms with Gasteiger partial charge in [-0.25, -0.2) is 0 Å². The lowest BCUT2D eigenvalue weighted by molar-refractivity contribution is 1.26. The molecule has 0 heterocycles. The van der Waals surface area contributed by atoms with Crippen LogP contribution in [-0.2, 0) is 0 Å². The van der Waals surface area contributed by atoms with Crippen molar-refractivity contribution in [1.29, 1.82) is 0 Å². The highest BCUT2D eigenvalue weighted by Gasteiger charge is 1.75. The summed E-state index contributed by atoms with van der Waals surface area (Å²) in [5.41, 5.74) is 1.11. The van der Waals surface area contributed by atoms with Gasteiger partial charge < -0.3 is 0 Å². The Morgan fingerprint density at radius 1 is 1.50 bits per heavy atom. The quantitative estimate of drug-likeness (QED) is 0.319. The first-order valence-electron chi connectivity index (χ1n) is 3.21. The van der Waals surface area contributed by atoms with E-state index in [1.165, 1.54) is 0 Å². The Bertz CT molecular complexity index is 164. The van der Waals surface area contributed by atoms with Gasteiger partial charge in [0, 0.05) is 6.21 Å². The van der Waals surface area contributed by atoms with E-state index >= 15 is 0 Å². The van der Waals surface area contributed by atoms with Gasteiger partial charge in [-0.2, -0.15) is 0 Å². The standard InChI is InChI=1S/C9H13N/c1-4-6-9(3)8-10-7-5-2/h4-6,8H,1-2,7H2,3H3/b9-6+,10-8?. The lowest BCUT2D eigenvalue weighted by Gasteiger charge is -1.85. The fourth-order valence-corrected chi connectivity index (χ4v) is 0.500. The summed E-state index contributed by atoms with van der Waals surface area (Å²) in [5, 5.41) is 0. The number of hydrogen-bond donors (Lipinski definition) is 0. The molecule has 0 amide bonds. The highest BCUT2D eigenvalue weighted by Crippen LogP contribution is 1.87. The van der Waals surface area contributed by atoms with Crippen LogP contribution in [0.2, 0.25) is 0 Å². The molecule has 0 spiro atoms. The van der Waals surface area contributed by atoms with E-state index in [0.717, 1.165) is 5.57 Å². The van der Waals surface area contributed by atoms with Gasteiger partial charge in [0.05, 0.1) is 6.54 Å². The van der Waals surface area contributed by atoms with Gasteiger partial charge in [-0.1, -0.05) is 24.8 Å². The lowest BCUT2D eigenvalue weighted by atomic mass is 10.3. The van der Waals surface area contributed by atoms with Crippen LogP contribution in [0.1, 0.15) is 6.92 Å². The van der Waals surface area contributed by atoms with Crippen LogP contribution in [0.15, 0.2) is 42.0 Å². The molecule has 0 unspecified atom stereocenters. The van der Waals surface area contributed by atoms with Crippen LogP contribution in [0.4, 0.5) is 0 Å². The summed E-state index contributed by atoms with van der Waals surface area (Å²) < 4.78 is 0. The SMILES string of the molecule is C=C/C=C(\C)C=NCC=C. The molecule has 0 bridgehead atoms. The highest BCUT2D eigenvalue weighted by molar-refractivity contribution is 5.78. The summed E-state index contributed by atoms with van der Waals surface area (Å²) in [6.45, 7) is 9.78. The lowest BCUT2D eigenvalue weighted by Crippen LogP contribution is -1.78. The average Bonchev–Trinajstić information content (AvgIpc) is 1.89. The van der Waals surface area contributed by atoms with Crippen molar-refractivity contribution in [2.75, 3.05) is 6.54 Å². The van der Waals surface area contributed by atoms with Gasteiger partial charge in [-0.3, -0.25) is 4.99 Å². The molecule has 0 aromatic rings. The summed E-state index contributed by atoms with van der Waals surface area (Å²) in [6.07, 6.45) is 7.23. The van der Waals surface area contributed by atoms with Crippen molar-refractivity contribution in [3.8, 4) is 0 Å². The maximum absolute atomic E-state index is 4.05. The van der Waals surface area contributed by atoms with Crippen molar-refractivity contribution < 1.29 is 0 Å². The van der Waals surface area contributed by atoms with Gasteiger partial charge in [-0.15, -0.1) is 6.58 Å². The number of aliphatic imine (C=N–C) groups is 1. The zero-order chi connectivity index (χ0) is 7.82. The van der Waals surface area contributed by atoms with Crippen LogP contribution < -0.4 is 0 Å². The highest BCUT2D eigenvalue weighted by atomic mass is 14.7. The molecule has 0 saturated carbocycles. The van der Waals surface area contributed by atoms with Gasteiger partial charge in [0.15, 0.2) is 0 Å². The first kappa shape index (κ1) is 8.89. The normalized spacial score (nSPS) is 11.9. The van der Waals surface area contributed by atoms with E-state index in [1.54, 1.807) is 12.2 Å². The number of rotatable bonds is 4. The topological polar surface area (TPSA) is 12.4 Å². The molecule has 0 radical (unpaired) electrons. The van der Waals surface area contributed by atoms with Crippen molar-refractivity contribution in [3.63, 3.8) is 0 Å². The largest absolute Gasteiger partial charge is 0.289 e. The first-order chi connectivity index (χ1) is 4.81. The molecular weight excluding hydrogens is 122 g/mol. The van der Waals surface area contributed by atoms with Crippen molar-refractivity contribution in [2.45, 2.75) is 6.92 Å². The van der Waals surface area contributed by atoms with E-state index in [0.29, 0.717) is 6.54 Å². The molecule has 0 aliphatic heterocycles. The van der Waals surface area contributed by atoms with Crippen molar-refractivity contribution in [3.05, 3.63) is 37.0 Å². The van der Waals surface area contributed by atoms with Gasteiger partial charge in [0.2, 0.25) is 0 Å². The van der Waals surface area contributed by atoms with E-state index in [-0.39, 0.29) is 0 Å². The first-order valence-corrected chi connectivity index (χ1v) is 3.21. The predicted molar refractivity (Wildman–Crippen MR) is 47.5 cm³/mol. The Kier molecular flexibility index (Phi) is 5.35. The number of hydrogen-bond acceptors (Lipinski definition) is 1. The van der Waals surface area contributed by atoms with Crippen LogP contribution in [0, 0.1) is 0 Å². The summed E-state index contributed by atoms with van der Waals surface area (Å²) in [5.74, 6) is 0. The molecule has 0 N–H and O–H groups in total. The summed E-state index contributed by atoms with van der Waals surface area (Å²) >= 11 is 0. The Hall–Kier alpha value is -1.11. The fraction of sp³-hybridized carbons (Fsp3) is 0.222. The zero-order valence-electron chi connectivity index (χ0n) is 6.38. The van der Waals surface area contributed by atoms with E-state index < -0.39 is 0 Å². The fourth-order valence-electron chi connectivity index (χ4n) is 0.500. The van der Waals surface area contributed by atoms with Gasteiger partial charge >= 0.3 is 0 Å². The van der Waals surface area contributed by atoms with Crippen LogP contribution >= 0.6 is 0 Å². The number of allylic oxidation sites excluding steroid dienone is 3. The summed E-state index contributed by atoms with van der Waals surface area (Å²) in [4.78, 5) is 4.05. The third-order valence-electron chi connectivity index (χ3n) is 0.910. The molecule has 1 nitrogen and oxygen atoms in total. The molecule has 0 atom stereocenters. The molecule has 0 fully saturated rings. The molecule has 10 heavy (non-hydrogen) atoms. The third-order valence-corrected chi connectivity index (χ3v) is 0.910. The molecule has 0 aliphatic carbocycles. The molecule has 0 rings (SSSR count). The van der Waals surface area contributed by atoms with Gasteiger partial charge in [0.25, 0.3) is 0 Å². The second-order valence-electron chi connectivity index (χ2n) is 1.93. The summed E-state index contributed by atoms with van der Waals surface area (Å²) in [7, 11) is 0. The van der Waals surface area contributed by atoms with Crippen LogP contribution in [0.5, 0.6) is 0 Å². The monoisotopic (exact) mass is 135 g/mol. The summed E-state index contributed by atoms with van der Waals surface area (Å²) in [6, 6.07) is 0. The molecule has 0 aromatic heterocycles. The minimum absolute atomic E-state index is 0.683. The van der Waals surface area contributed by atoms with Crippen LogP contribution in [0.25, 0.3) is 0 Å². The maximum Gasteiger partial charge on any atom is 0.0567 e. The average molecular weight is 135 g/mol. The van der Waals surface area contributed by atoms with Crippen molar-refractivity contribution in [1.82, 2.24) is 0 Å². The Balaban J connectivity index is 3.75. The van der Waals surface area contributed by atoms with Crippen molar-refractivity contribution >= 4 is 6.21 Å². The minimum atomic E-state index is 0.683. The van der Waals surface area contributed by atoms with E-state index in [9.17, 15) is 0 Å². The second kappa shape index (κ2) is 6.02. The van der Waals surface area contributed by atoms with E-state index in [2.05, 4.69) is 18.2 Å². The number of nitrogens with zero attached hydrogens (tertiary/aromatic N) is 1. The molecule has 0 saturated heterocycles. The van der Waals surface area contributed by atoms with Crippen molar-refractivity contribution in [2.24, 2.45) is 4.99 Å². The third kappa shape index (κ3) is 5.04. The molecule has 0 aliphatic rings. The molecular formula is C9H13N. The molecule has 0 aromatic carbocycles. The van der Waals surface area contributed by atoms with Gasteiger partial charge in [0.1, 0.15) is 0 Å².